The summed E-state index contributed by atoms with van der Waals surface area (Å²) in [6.07, 6.45) is 8.04. The number of likely N-dealkylation sites (tertiary alicyclic amines) is 1. The summed E-state index contributed by atoms with van der Waals surface area (Å²) >= 11 is 0. The van der Waals surface area contributed by atoms with Crippen molar-refractivity contribution in [3.8, 4) is 0 Å². The molecule has 1 heterocycles. The molecule has 1 saturated carbocycles. The van der Waals surface area contributed by atoms with Crippen LogP contribution in [0.15, 0.2) is 39.2 Å². The first kappa shape index (κ1) is 35.0. The van der Waals surface area contributed by atoms with Gasteiger partial charge in [0.2, 0.25) is 0 Å². The Morgan fingerprint density at radius 1 is 1.07 bits per heavy atom. The van der Waals surface area contributed by atoms with Gasteiger partial charge in [-0.25, -0.2) is 4.39 Å². The number of rotatable bonds is 2. The van der Waals surface area contributed by atoms with Crippen LogP contribution in [-0.4, -0.2) is 36.1 Å². The molecule has 0 spiro atoms. The molecule has 0 aromatic rings. The minimum Gasteiger partial charge on any atom is -0.481 e. The first-order valence-corrected chi connectivity index (χ1v) is 10.9. The van der Waals surface area contributed by atoms with Gasteiger partial charge in [-0.3, -0.25) is 4.79 Å². The summed E-state index contributed by atoms with van der Waals surface area (Å²) in [6, 6.07) is 0. The van der Waals surface area contributed by atoms with Crippen molar-refractivity contribution in [1.82, 2.24) is 4.90 Å². The Morgan fingerprint density at radius 2 is 1.48 bits per heavy atom. The van der Waals surface area contributed by atoms with Crippen LogP contribution in [0.25, 0.3) is 0 Å². The number of carbonyl (C=O) groups is 1. The number of halogens is 1. The maximum Gasteiger partial charge on any atom is 0.307 e. The fourth-order valence-corrected chi connectivity index (χ4v) is 3.32. The van der Waals surface area contributed by atoms with Crippen LogP contribution in [0.1, 0.15) is 73.1 Å². The lowest BCUT2D eigenvalue weighted by atomic mass is 9.78. The standard InChI is InChI=1S/C10H20.C7H13NO2.C2H3F.C2H6.2C2H4/c1-8(2)10-6-4-9(3)5-7-10;1-8-4-2-3-6(5-8)7(9)10;1-2-3;3*1-2/h8-10H,4-7H2,1-3H3;6H,2-5H2,1H3,(H,9,10);2H,1H2;1-2H3;2*1-2H2. The summed E-state index contributed by atoms with van der Waals surface area (Å²) in [4.78, 5) is 12.5. The van der Waals surface area contributed by atoms with Gasteiger partial charge in [0.15, 0.2) is 0 Å². The minimum atomic E-state index is -0.647. The average Bonchev–Trinajstić information content (AvgIpc) is 2.74. The van der Waals surface area contributed by atoms with E-state index in [9.17, 15) is 9.18 Å². The Morgan fingerprint density at radius 3 is 1.76 bits per heavy atom. The summed E-state index contributed by atoms with van der Waals surface area (Å²) in [5.74, 6) is 2.20. The van der Waals surface area contributed by atoms with E-state index in [1.165, 1.54) is 25.7 Å². The summed E-state index contributed by atoms with van der Waals surface area (Å²) in [5.41, 5.74) is 0. The minimum absolute atomic E-state index is 0.126. The first-order chi connectivity index (χ1) is 13.8. The molecule has 0 aromatic carbocycles. The van der Waals surface area contributed by atoms with Gasteiger partial charge in [-0.2, -0.15) is 0 Å². The third-order valence-electron chi connectivity index (χ3n) is 4.98. The van der Waals surface area contributed by atoms with E-state index >= 15 is 0 Å². The van der Waals surface area contributed by atoms with E-state index in [1.807, 2.05) is 20.9 Å². The Kier molecular flexibility index (Phi) is 32.1. The highest BCUT2D eigenvalue weighted by Crippen LogP contribution is 2.32. The van der Waals surface area contributed by atoms with Crippen molar-refractivity contribution in [2.24, 2.45) is 23.7 Å². The van der Waals surface area contributed by atoms with Crippen molar-refractivity contribution >= 4 is 5.97 Å². The van der Waals surface area contributed by atoms with E-state index in [0.717, 1.165) is 43.7 Å². The Balaban J connectivity index is -0.000000155. The number of hydrogen-bond acceptors (Lipinski definition) is 2. The second-order valence-corrected chi connectivity index (χ2v) is 7.36. The Bertz CT molecular complexity index is 351. The monoisotopic (exact) mass is 415 g/mol. The molecule has 2 fully saturated rings. The number of nitrogens with zero attached hydrogens (tertiary/aromatic N) is 1. The molecule has 0 aromatic heterocycles. The zero-order valence-electron chi connectivity index (χ0n) is 20.3. The van der Waals surface area contributed by atoms with Crippen LogP contribution in [-0.2, 0) is 4.79 Å². The molecule has 3 nitrogen and oxygen atoms in total. The lowest BCUT2D eigenvalue weighted by molar-refractivity contribution is -0.143. The molecule has 0 bridgehead atoms. The molecule has 2 rings (SSSR count). The van der Waals surface area contributed by atoms with Gasteiger partial charge in [0, 0.05) is 6.54 Å². The molecule has 1 saturated heterocycles. The summed E-state index contributed by atoms with van der Waals surface area (Å²) in [6.45, 7) is 27.6. The zero-order valence-corrected chi connectivity index (χ0v) is 20.3. The van der Waals surface area contributed by atoms with Crippen molar-refractivity contribution in [1.29, 1.82) is 0 Å². The Labute approximate surface area is 181 Å². The molecule has 1 aliphatic heterocycles. The second-order valence-electron chi connectivity index (χ2n) is 7.36. The normalized spacial score (nSPS) is 22.7. The van der Waals surface area contributed by atoms with Crippen LogP contribution in [0, 0.1) is 23.7 Å². The molecule has 174 valence electrons. The number of piperidine rings is 1. The van der Waals surface area contributed by atoms with Gasteiger partial charge >= 0.3 is 5.97 Å². The number of carboxylic acids is 1. The molecule has 1 aliphatic carbocycles. The molecule has 0 radical (unpaired) electrons. The van der Waals surface area contributed by atoms with Crippen molar-refractivity contribution in [3.05, 3.63) is 39.2 Å². The van der Waals surface area contributed by atoms with E-state index in [1.54, 1.807) is 0 Å². The van der Waals surface area contributed by atoms with E-state index in [-0.39, 0.29) is 12.2 Å². The van der Waals surface area contributed by atoms with Gasteiger partial charge in [-0.05, 0) is 57.0 Å². The van der Waals surface area contributed by atoms with Crippen molar-refractivity contribution in [3.63, 3.8) is 0 Å². The van der Waals surface area contributed by atoms with Gasteiger partial charge in [-0.15, -0.1) is 26.3 Å². The predicted octanol–water partition coefficient (Wildman–Crippen LogP) is 7.61. The highest BCUT2D eigenvalue weighted by molar-refractivity contribution is 5.70. The molecular weight excluding hydrogens is 365 g/mol. The van der Waals surface area contributed by atoms with Crippen LogP contribution >= 0.6 is 0 Å². The van der Waals surface area contributed by atoms with Gasteiger partial charge in [0.25, 0.3) is 0 Å². The van der Waals surface area contributed by atoms with Gasteiger partial charge in [0.05, 0.1) is 12.2 Å². The lowest BCUT2D eigenvalue weighted by Crippen LogP contribution is -2.35. The fraction of sp³-hybridized carbons (Fsp3) is 0.720. The molecule has 2 aliphatic rings. The molecule has 1 atom stereocenters. The molecule has 1 N–H and O–H groups in total. The third kappa shape index (κ3) is 22.7. The number of aliphatic carboxylic acids is 1. The Hall–Kier alpha value is -1.42. The highest BCUT2D eigenvalue weighted by Gasteiger charge is 2.22. The second kappa shape index (κ2) is 26.6. The van der Waals surface area contributed by atoms with Crippen LogP contribution < -0.4 is 0 Å². The van der Waals surface area contributed by atoms with Gasteiger partial charge in [0.1, 0.15) is 0 Å². The largest absolute Gasteiger partial charge is 0.481 e. The van der Waals surface area contributed by atoms with E-state index in [0.29, 0.717) is 0 Å². The van der Waals surface area contributed by atoms with Gasteiger partial charge in [-0.1, -0.05) is 54.0 Å². The third-order valence-corrected chi connectivity index (χ3v) is 4.98. The van der Waals surface area contributed by atoms with Crippen LogP contribution in [0.3, 0.4) is 0 Å². The molecule has 4 heteroatoms. The molecule has 0 amide bonds. The molecule has 29 heavy (non-hydrogen) atoms. The summed E-state index contributed by atoms with van der Waals surface area (Å²) in [5, 5.41) is 8.63. The lowest BCUT2D eigenvalue weighted by Gasteiger charge is -2.28. The average molecular weight is 416 g/mol. The zero-order chi connectivity index (χ0) is 23.8. The predicted molar refractivity (Wildman–Crippen MR) is 129 cm³/mol. The van der Waals surface area contributed by atoms with Crippen LogP contribution in [0.5, 0.6) is 0 Å². The fourth-order valence-electron chi connectivity index (χ4n) is 3.32. The van der Waals surface area contributed by atoms with E-state index < -0.39 is 5.97 Å². The topological polar surface area (TPSA) is 40.5 Å². The number of hydrogen-bond donors (Lipinski definition) is 1. The smallest absolute Gasteiger partial charge is 0.307 e. The maximum absolute atomic E-state index is 10.5. The maximum atomic E-state index is 10.5. The summed E-state index contributed by atoms with van der Waals surface area (Å²) < 4.78 is 10.1. The SMILES string of the molecule is C=C.C=C.C=CF.CC.CC1CCC(C(C)C)CC1.CN1CCCC(C(=O)O)C1. The van der Waals surface area contributed by atoms with Crippen molar-refractivity contribution < 1.29 is 14.3 Å². The number of carboxylic acid groups (broad SMARTS) is 1. The van der Waals surface area contributed by atoms with E-state index in [2.05, 4.69) is 58.6 Å². The molecule has 1 unspecified atom stereocenters. The van der Waals surface area contributed by atoms with Gasteiger partial charge < -0.3 is 10.0 Å². The molecular formula is C25H50FNO2. The van der Waals surface area contributed by atoms with Crippen molar-refractivity contribution in [2.45, 2.75) is 73.1 Å². The van der Waals surface area contributed by atoms with Crippen LogP contribution in [0.2, 0.25) is 0 Å². The highest BCUT2D eigenvalue weighted by atomic mass is 19.1. The van der Waals surface area contributed by atoms with Crippen molar-refractivity contribution in [2.75, 3.05) is 20.1 Å². The van der Waals surface area contributed by atoms with E-state index in [4.69, 9.17) is 5.11 Å². The summed E-state index contributed by atoms with van der Waals surface area (Å²) in [7, 11) is 1.97. The van der Waals surface area contributed by atoms with Crippen LogP contribution in [0.4, 0.5) is 4.39 Å². The first-order valence-electron chi connectivity index (χ1n) is 10.9. The quantitative estimate of drug-likeness (QED) is 0.472.